The monoisotopic (exact) mass is 238 g/mol. The number of aliphatic hydroxyl groups excluding tert-OH is 1. The topological polar surface area (TPSA) is 46.5 Å². The third-order valence-electron chi connectivity index (χ3n) is 2.67. The first kappa shape index (κ1) is 11.5. The molecule has 1 aromatic rings. The Balaban J connectivity index is 2.25. The van der Waals surface area contributed by atoms with Gasteiger partial charge in [0.25, 0.3) is 0 Å². The first-order chi connectivity index (χ1) is 7.61. The molecule has 86 valence electrons. The number of hydrogen-bond acceptors (Lipinski definition) is 4. The summed E-state index contributed by atoms with van der Waals surface area (Å²) in [7, 11) is 1.27. The summed E-state index contributed by atoms with van der Waals surface area (Å²) in [5, 5.41) is 10.3. The van der Waals surface area contributed by atoms with Crippen molar-refractivity contribution in [2.45, 2.75) is 29.6 Å². The number of methoxy groups -OCH3 is 1. The highest BCUT2D eigenvalue weighted by Gasteiger charge is 2.23. The van der Waals surface area contributed by atoms with Crippen molar-refractivity contribution in [2.24, 2.45) is 0 Å². The molecule has 16 heavy (non-hydrogen) atoms. The van der Waals surface area contributed by atoms with Gasteiger partial charge in [-0.05, 0) is 23.6 Å². The fraction of sp³-hybridized carbons (Fsp3) is 0.417. The summed E-state index contributed by atoms with van der Waals surface area (Å²) >= 11 is 1.78. The van der Waals surface area contributed by atoms with E-state index < -0.39 is 12.1 Å². The normalized spacial score (nSPS) is 20.3. The molecule has 0 aromatic heterocycles. The summed E-state index contributed by atoms with van der Waals surface area (Å²) in [6.45, 7) is 2.17. The highest BCUT2D eigenvalue weighted by molar-refractivity contribution is 8.00. The van der Waals surface area contributed by atoms with Gasteiger partial charge in [0.05, 0.1) is 7.11 Å². The molecule has 0 saturated heterocycles. The lowest BCUT2D eigenvalue weighted by molar-refractivity contribution is -0.150. The molecule has 2 rings (SSSR count). The van der Waals surface area contributed by atoms with E-state index in [2.05, 4.69) is 11.7 Å². The number of thioether (sulfide) groups is 1. The van der Waals surface area contributed by atoms with Crippen LogP contribution in [0, 0.1) is 0 Å². The predicted octanol–water partition coefficient (Wildman–Crippen LogP) is 1.93. The Morgan fingerprint density at radius 3 is 3.06 bits per heavy atom. The second-order valence-corrected chi connectivity index (χ2v) is 5.41. The van der Waals surface area contributed by atoms with Crippen LogP contribution in [0.1, 0.15) is 24.2 Å². The number of esters is 1. The lowest BCUT2D eigenvalue weighted by Crippen LogP contribution is -2.13. The van der Waals surface area contributed by atoms with Gasteiger partial charge < -0.3 is 9.84 Å². The average Bonchev–Trinajstić information content (AvgIpc) is 2.65. The Labute approximate surface area is 98.8 Å². The number of carbonyl (C=O) groups excluding carboxylic acids is 1. The van der Waals surface area contributed by atoms with E-state index in [4.69, 9.17) is 0 Å². The standard InChI is InChI=1S/C12H14O3S/c1-7-5-8-3-4-9(6-10(8)16-7)11(13)12(14)15-2/h3-4,6-7,11,13H,5H2,1-2H3. The molecule has 0 fully saturated rings. The van der Waals surface area contributed by atoms with Crippen LogP contribution >= 0.6 is 11.8 Å². The maximum Gasteiger partial charge on any atom is 0.339 e. The Kier molecular flexibility index (Phi) is 3.21. The number of rotatable bonds is 2. The number of ether oxygens (including phenoxy) is 1. The van der Waals surface area contributed by atoms with Crippen molar-refractivity contribution in [3.63, 3.8) is 0 Å². The fourth-order valence-corrected chi connectivity index (χ4v) is 3.04. The van der Waals surface area contributed by atoms with Gasteiger partial charge in [0.2, 0.25) is 0 Å². The summed E-state index contributed by atoms with van der Waals surface area (Å²) in [6.07, 6.45) is -0.124. The third kappa shape index (κ3) is 2.08. The smallest absolute Gasteiger partial charge is 0.339 e. The first-order valence-corrected chi connectivity index (χ1v) is 6.05. The Bertz CT molecular complexity index is 417. The summed E-state index contributed by atoms with van der Waals surface area (Å²) < 4.78 is 4.51. The van der Waals surface area contributed by atoms with E-state index in [1.807, 2.05) is 12.1 Å². The number of fused-ring (bicyclic) bond motifs is 1. The molecular formula is C12H14O3S. The second-order valence-electron chi connectivity index (χ2n) is 3.93. The Morgan fingerprint density at radius 2 is 2.38 bits per heavy atom. The zero-order valence-corrected chi connectivity index (χ0v) is 10.1. The van der Waals surface area contributed by atoms with Crippen LogP contribution < -0.4 is 0 Å². The molecule has 1 aliphatic heterocycles. The third-order valence-corrected chi connectivity index (χ3v) is 3.87. The molecule has 0 aliphatic carbocycles. The quantitative estimate of drug-likeness (QED) is 0.800. The van der Waals surface area contributed by atoms with Crippen LogP contribution in [0.2, 0.25) is 0 Å². The van der Waals surface area contributed by atoms with Gasteiger partial charge in [-0.15, -0.1) is 11.8 Å². The minimum absolute atomic E-state index is 0.570. The molecular weight excluding hydrogens is 224 g/mol. The van der Waals surface area contributed by atoms with Crippen LogP contribution in [-0.2, 0) is 16.0 Å². The van der Waals surface area contributed by atoms with Crippen LogP contribution in [0.25, 0.3) is 0 Å². The van der Waals surface area contributed by atoms with Crippen molar-refractivity contribution in [1.29, 1.82) is 0 Å². The maximum absolute atomic E-state index is 11.2. The van der Waals surface area contributed by atoms with Crippen LogP contribution in [-0.4, -0.2) is 23.4 Å². The van der Waals surface area contributed by atoms with Crippen LogP contribution in [0.15, 0.2) is 23.1 Å². The Morgan fingerprint density at radius 1 is 1.62 bits per heavy atom. The van der Waals surface area contributed by atoms with Gasteiger partial charge >= 0.3 is 5.97 Å². The molecule has 1 aliphatic rings. The summed E-state index contributed by atoms with van der Waals surface area (Å²) in [5.74, 6) is -0.615. The highest BCUT2D eigenvalue weighted by atomic mass is 32.2. The zero-order valence-electron chi connectivity index (χ0n) is 9.27. The van der Waals surface area contributed by atoms with E-state index in [0.717, 1.165) is 11.3 Å². The van der Waals surface area contributed by atoms with E-state index in [-0.39, 0.29) is 0 Å². The SMILES string of the molecule is COC(=O)C(O)c1ccc2c(c1)SC(C)C2. The van der Waals surface area contributed by atoms with E-state index in [0.29, 0.717) is 10.8 Å². The molecule has 1 N–H and O–H groups in total. The van der Waals surface area contributed by atoms with Crippen LogP contribution in [0.5, 0.6) is 0 Å². The Hall–Kier alpha value is -1.00. The maximum atomic E-state index is 11.2. The molecule has 3 nitrogen and oxygen atoms in total. The van der Waals surface area contributed by atoms with Crippen molar-refractivity contribution in [2.75, 3.05) is 7.11 Å². The van der Waals surface area contributed by atoms with E-state index in [1.165, 1.54) is 12.7 Å². The minimum atomic E-state index is -1.17. The van der Waals surface area contributed by atoms with Crippen LogP contribution in [0.3, 0.4) is 0 Å². The number of benzene rings is 1. The summed E-state index contributed by atoms with van der Waals surface area (Å²) in [4.78, 5) is 12.4. The lowest BCUT2D eigenvalue weighted by Gasteiger charge is -2.09. The van der Waals surface area contributed by atoms with Gasteiger partial charge in [-0.25, -0.2) is 4.79 Å². The van der Waals surface area contributed by atoms with E-state index >= 15 is 0 Å². The van der Waals surface area contributed by atoms with Gasteiger partial charge in [0.15, 0.2) is 6.10 Å². The lowest BCUT2D eigenvalue weighted by atomic mass is 10.0. The molecule has 4 heteroatoms. The number of aliphatic hydroxyl groups is 1. The largest absolute Gasteiger partial charge is 0.467 e. The average molecular weight is 238 g/mol. The van der Waals surface area contributed by atoms with Crippen molar-refractivity contribution in [3.05, 3.63) is 29.3 Å². The number of carbonyl (C=O) groups is 1. The minimum Gasteiger partial charge on any atom is -0.467 e. The van der Waals surface area contributed by atoms with Gasteiger partial charge in [-0.3, -0.25) is 0 Å². The van der Waals surface area contributed by atoms with Crippen molar-refractivity contribution in [3.8, 4) is 0 Å². The fourth-order valence-electron chi connectivity index (χ4n) is 1.84. The van der Waals surface area contributed by atoms with Gasteiger partial charge in [0, 0.05) is 10.1 Å². The van der Waals surface area contributed by atoms with Gasteiger partial charge in [-0.1, -0.05) is 19.1 Å². The molecule has 2 unspecified atom stereocenters. The highest BCUT2D eigenvalue weighted by Crippen LogP contribution is 2.38. The van der Waals surface area contributed by atoms with Crippen molar-refractivity contribution in [1.82, 2.24) is 0 Å². The van der Waals surface area contributed by atoms with E-state index in [9.17, 15) is 9.90 Å². The molecule has 1 heterocycles. The first-order valence-electron chi connectivity index (χ1n) is 5.17. The van der Waals surface area contributed by atoms with Gasteiger partial charge in [-0.2, -0.15) is 0 Å². The van der Waals surface area contributed by atoms with Crippen LogP contribution in [0.4, 0.5) is 0 Å². The molecule has 0 spiro atoms. The number of hydrogen-bond donors (Lipinski definition) is 1. The molecule has 0 amide bonds. The summed E-state index contributed by atoms with van der Waals surface area (Å²) in [6, 6.07) is 5.65. The van der Waals surface area contributed by atoms with Crippen molar-refractivity contribution < 1.29 is 14.6 Å². The molecule has 2 atom stereocenters. The molecule has 0 saturated carbocycles. The molecule has 0 bridgehead atoms. The van der Waals surface area contributed by atoms with Gasteiger partial charge in [0.1, 0.15) is 0 Å². The van der Waals surface area contributed by atoms with E-state index in [1.54, 1.807) is 17.8 Å². The molecule has 0 radical (unpaired) electrons. The second kappa shape index (κ2) is 4.47. The zero-order chi connectivity index (χ0) is 11.7. The predicted molar refractivity (Wildman–Crippen MR) is 62.4 cm³/mol. The summed E-state index contributed by atoms with van der Waals surface area (Å²) in [5.41, 5.74) is 1.89. The molecule has 1 aromatic carbocycles. The van der Waals surface area contributed by atoms with Crippen molar-refractivity contribution >= 4 is 17.7 Å².